The first kappa shape index (κ1) is 18.5. The highest BCUT2D eigenvalue weighted by molar-refractivity contribution is 6.36. The number of nitrogens with one attached hydrogen (secondary N) is 1. The van der Waals surface area contributed by atoms with E-state index in [0.717, 1.165) is 12.1 Å². The molecule has 1 aromatic carbocycles. The van der Waals surface area contributed by atoms with Gasteiger partial charge in [-0.05, 0) is 30.2 Å². The molecule has 7 heteroatoms. The van der Waals surface area contributed by atoms with Gasteiger partial charge in [0.25, 0.3) is 5.91 Å². The minimum atomic E-state index is -0.170. The molecule has 0 spiro atoms. The fraction of sp³-hybridized carbons (Fsp3) is 0.263. The van der Waals surface area contributed by atoms with Crippen molar-refractivity contribution in [3.05, 3.63) is 64.0 Å². The predicted octanol–water partition coefficient (Wildman–Crippen LogP) is 3.94. The first-order valence-corrected chi connectivity index (χ1v) is 9.12. The Hall–Kier alpha value is -2.24. The van der Waals surface area contributed by atoms with Gasteiger partial charge in [0.2, 0.25) is 0 Å². The van der Waals surface area contributed by atoms with E-state index in [4.69, 9.17) is 27.9 Å². The van der Waals surface area contributed by atoms with Crippen LogP contribution in [0.25, 0.3) is 5.65 Å². The average molecular weight is 392 g/mol. The van der Waals surface area contributed by atoms with Crippen molar-refractivity contribution in [2.75, 3.05) is 13.2 Å². The molecule has 0 unspecified atom stereocenters. The molecular formula is C19H19Cl2N3O2. The molecule has 0 aliphatic heterocycles. The molecule has 2 aromatic heterocycles. The highest BCUT2D eigenvalue weighted by Gasteiger charge is 2.08. The molecule has 2 heterocycles. The Kier molecular flexibility index (Phi) is 6.01. The monoisotopic (exact) mass is 391 g/mol. The van der Waals surface area contributed by atoms with Gasteiger partial charge in [-0.25, -0.2) is 4.98 Å². The quantitative estimate of drug-likeness (QED) is 0.663. The van der Waals surface area contributed by atoms with Crippen LogP contribution < -0.4 is 10.1 Å². The number of rotatable bonds is 7. The first-order chi connectivity index (χ1) is 12.5. The van der Waals surface area contributed by atoms with Gasteiger partial charge in [0, 0.05) is 25.4 Å². The van der Waals surface area contributed by atoms with Crippen molar-refractivity contribution >= 4 is 34.8 Å². The number of nitrogens with zero attached hydrogens (tertiary/aromatic N) is 2. The maximum Gasteiger partial charge on any atom is 0.257 e. The Balaban J connectivity index is 1.48. The van der Waals surface area contributed by atoms with E-state index < -0.39 is 0 Å². The molecule has 0 saturated heterocycles. The van der Waals surface area contributed by atoms with Crippen molar-refractivity contribution < 1.29 is 9.53 Å². The average Bonchev–Trinajstić information content (AvgIpc) is 3.03. The number of hydrogen-bond donors (Lipinski definition) is 1. The molecule has 0 bridgehead atoms. The van der Waals surface area contributed by atoms with Crippen LogP contribution in [0.15, 0.2) is 42.7 Å². The lowest BCUT2D eigenvalue weighted by Crippen LogP contribution is -2.30. The molecule has 0 radical (unpaired) electrons. The number of carbonyl (C=O) groups excluding carboxylic acids is 1. The van der Waals surface area contributed by atoms with Crippen molar-refractivity contribution in [2.45, 2.75) is 19.8 Å². The number of hydrogen-bond acceptors (Lipinski definition) is 3. The molecular weight excluding hydrogens is 373 g/mol. The fourth-order valence-electron chi connectivity index (χ4n) is 2.58. The molecule has 136 valence electrons. The van der Waals surface area contributed by atoms with Gasteiger partial charge in [-0.1, -0.05) is 42.3 Å². The van der Waals surface area contributed by atoms with E-state index in [0.29, 0.717) is 34.4 Å². The summed E-state index contributed by atoms with van der Waals surface area (Å²) in [7, 11) is 0. The summed E-state index contributed by atoms with van der Waals surface area (Å²) in [5.41, 5.74) is 2.65. The molecule has 0 aliphatic rings. The summed E-state index contributed by atoms with van der Waals surface area (Å²) in [5, 5.41) is 3.87. The van der Waals surface area contributed by atoms with Crippen LogP contribution in [-0.4, -0.2) is 28.4 Å². The number of ether oxygens (including phenoxy) is 1. The molecule has 0 saturated carbocycles. The van der Waals surface area contributed by atoms with Gasteiger partial charge in [-0.15, -0.1) is 0 Å². The lowest BCUT2D eigenvalue weighted by Gasteiger charge is -2.08. The van der Waals surface area contributed by atoms with Crippen LogP contribution in [0.4, 0.5) is 0 Å². The summed E-state index contributed by atoms with van der Waals surface area (Å²) < 4.78 is 7.31. The summed E-state index contributed by atoms with van der Waals surface area (Å²) in [6, 6.07) is 9.40. The number of aromatic nitrogens is 2. The summed E-state index contributed by atoms with van der Waals surface area (Å²) in [4.78, 5) is 16.4. The van der Waals surface area contributed by atoms with Gasteiger partial charge in [0.15, 0.2) is 12.3 Å². The van der Waals surface area contributed by atoms with Crippen LogP contribution in [0.2, 0.25) is 10.0 Å². The molecule has 3 rings (SSSR count). The van der Waals surface area contributed by atoms with Crippen molar-refractivity contribution in [3.63, 3.8) is 0 Å². The Morgan fingerprint density at radius 3 is 2.92 bits per heavy atom. The second-order valence-corrected chi connectivity index (χ2v) is 6.70. The van der Waals surface area contributed by atoms with E-state index >= 15 is 0 Å². The Labute approximate surface area is 161 Å². The molecule has 3 aromatic rings. The number of amides is 1. The maximum atomic E-state index is 11.9. The number of halogens is 2. The molecule has 0 fully saturated rings. The van der Waals surface area contributed by atoms with E-state index in [2.05, 4.69) is 17.2 Å². The van der Waals surface area contributed by atoms with E-state index in [1.165, 1.54) is 5.56 Å². The molecule has 0 atom stereocenters. The van der Waals surface area contributed by atoms with Crippen LogP contribution in [0.5, 0.6) is 5.75 Å². The zero-order valence-electron chi connectivity index (χ0n) is 14.3. The Bertz CT molecular complexity index is 924. The smallest absolute Gasteiger partial charge is 0.257 e. The lowest BCUT2D eigenvalue weighted by atomic mass is 10.2. The highest BCUT2D eigenvalue weighted by atomic mass is 35.5. The van der Waals surface area contributed by atoms with Gasteiger partial charge < -0.3 is 14.5 Å². The molecule has 1 amide bonds. The van der Waals surface area contributed by atoms with Crippen LogP contribution in [0.3, 0.4) is 0 Å². The van der Waals surface area contributed by atoms with Crippen LogP contribution in [0, 0.1) is 0 Å². The largest absolute Gasteiger partial charge is 0.484 e. The van der Waals surface area contributed by atoms with Crippen LogP contribution >= 0.6 is 23.2 Å². The molecule has 26 heavy (non-hydrogen) atoms. The zero-order chi connectivity index (χ0) is 18.5. The number of benzene rings is 1. The van der Waals surface area contributed by atoms with Crippen molar-refractivity contribution in [1.29, 1.82) is 0 Å². The van der Waals surface area contributed by atoms with Gasteiger partial charge in [-0.3, -0.25) is 4.79 Å². The zero-order valence-corrected chi connectivity index (χ0v) is 15.8. The van der Waals surface area contributed by atoms with E-state index in [-0.39, 0.29) is 12.5 Å². The summed E-state index contributed by atoms with van der Waals surface area (Å²) in [5.74, 6) is 0.531. The standard InChI is InChI=1S/C19H19Cl2N3O2/c1-2-13-4-3-5-16(8-13)26-12-18(25)22-7-6-15-11-24-10-14(20)9-17(21)19(24)23-15/h3-5,8-11H,2,6-7,12H2,1H3,(H,22,25). The second-order valence-electron chi connectivity index (χ2n) is 5.86. The normalized spacial score (nSPS) is 10.9. The highest BCUT2D eigenvalue weighted by Crippen LogP contribution is 2.21. The number of pyridine rings is 1. The fourth-order valence-corrected chi connectivity index (χ4v) is 3.11. The molecule has 0 aliphatic carbocycles. The van der Waals surface area contributed by atoms with Crippen LogP contribution in [0.1, 0.15) is 18.2 Å². The van der Waals surface area contributed by atoms with Gasteiger partial charge in [0.1, 0.15) is 5.75 Å². The minimum absolute atomic E-state index is 0.0141. The van der Waals surface area contributed by atoms with Gasteiger partial charge in [-0.2, -0.15) is 0 Å². The lowest BCUT2D eigenvalue weighted by molar-refractivity contribution is -0.123. The van der Waals surface area contributed by atoms with Crippen molar-refractivity contribution in [3.8, 4) is 5.75 Å². The number of imidazole rings is 1. The van der Waals surface area contributed by atoms with Crippen molar-refractivity contribution in [2.24, 2.45) is 0 Å². The Morgan fingerprint density at radius 1 is 1.27 bits per heavy atom. The summed E-state index contributed by atoms with van der Waals surface area (Å²) in [6.07, 6.45) is 5.12. The second kappa shape index (κ2) is 8.43. The minimum Gasteiger partial charge on any atom is -0.484 e. The van der Waals surface area contributed by atoms with E-state index in [1.807, 2.05) is 30.5 Å². The topological polar surface area (TPSA) is 55.6 Å². The molecule has 1 N–H and O–H groups in total. The number of aryl methyl sites for hydroxylation is 1. The summed E-state index contributed by atoms with van der Waals surface area (Å²) in [6.45, 7) is 2.53. The predicted molar refractivity (Wildman–Crippen MR) is 103 cm³/mol. The SMILES string of the molecule is CCc1cccc(OCC(=O)NCCc2cn3cc(Cl)cc(Cl)c3n2)c1. The third-order valence-electron chi connectivity index (χ3n) is 3.90. The summed E-state index contributed by atoms with van der Waals surface area (Å²) >= 11 is 12.1. The maximum absolute atomic E-state index is 11.9. The third-order valence-corrected chi connectivity index (χ3v) is 4.39. The molecule has 5 nitrogen and oxygen atoms in total. The number of fused-ring (bicyclic) bond motifs is 1. The van der Waals surface area contributed by atoms with E-state index in [9.17, 15) is 4.79 Å². The van der Waals surface area contributed by atoms with Crippen molar-refractivity contribution in [1.82, 2.24) is 14.7 Å². The number of carbonyl (C=O) groups is 1. The van der Waals surface area contributed by atoms with E-state index in [1.54, 1.807) is 16.7 Å². The first-order valence-electron chi connectivity index (χ1n) is 8.36. The third kappa shape index (κ3) is 4.68. The van der Waals surface area contributed by atoms with Gasteiger partial charge in [0.05, 0.1) is 15.7 Å². The van der Waals surface area contributed by atoms with Gasteiger partial charge >= 0.3 is 0 Å². The Morgan fingerprint density at radius 2 is 2.12 bits per heavy atom. The van der Waals surface area contributed by atoms with Crippen LogP contribution in [-0.2, 0) is 17.6 Å².